The first-order valence-corrected chi connectivity index (χ1v) is 12.5. The van der Waals surface area contributed by atoms with Gasteiger partial charge in [0.05, 0.1) is 0 Å². The third kappa shape index (κ3) is 4.05. The van der Waals surface area contributed by atoms with E-state index in [1.165, 1.54) is 11.1 Å². The molecule has 0 saturated carbocycles. The second-order valence-corrected chi connectivity index (χ2v) is 9.34. The molecule has 0 spiro atoms. The molecule has 0 amide bonds. The van der Waals surface area contributed by atoms with E-state index in [0.29, 0.717) is 11.5 Å². The van der Waals surface area contributed by atoms with E-state index >= 15 is 0 Å². The Labute approximate surface area is 200 Å². The van der Waals surface area contributed by atoms with E-state index in [9.17, 15) is 4.89 Å². The van der Waals surface area contributed by atoms with Gasteiger partial charge in [0, 0.05) is 11.1 Å². The monoisotopic (exact) mass is 462 g/mol. The van der Waals surface area contributed by atoms with Crippen molar-refractivity contribution < 1.29 is 13.9 Å². The van der Waals surface area contributed by atoms with Crippen LogP contribution < -0.4 is 0 Å². The Morgan fingerprint density at radius 3 is 1.35 bits per heavy atom. The normalized spacial score (nSPS) is 13.8. The molecule has 0 aromatic heterocycles. The van der Waals surface area contributed by atoms with Gasteiger partial charge in [-0.2, -0.15) is 0 Å². The van der Waals surface area contributed by atoms with Gasteiger partial charge in [0.25, 0.3) is 0 Å². The molecule has 0 heterocycles. The second kappa shape index (κ2) is 8.95. The van der Waals surface area contributed by atoms with Gasteiger partial charge in [-0.3, -0.25) is 0 Å². The van der Waals surface area contributed by atoms with Crippen molar-refractivity contribution in [1.82, 2.24) is 0 Å². The van der Waals surface area contributed by atoms with Crippen LogP contribution in [0.3, 0.4) is 0 Å². The van der Waals surface area contributed by atoms with Gasteiger partial charge in [0.15, 0.2) is 0 Å². The standard InChI is InChI=1S/C30H23O3P/c31-34(32-29-19-23-11-3-1-9-21(23)17-25-13-5-7-15-27(25)29)33-30-20-24-12-4-2-10-22(24)18-26-14-6-8-16-28(26)30/h1-16,19-20,31H,17-18H2. The Bertz CT molecular complexity index is 1330. The van der Waals surface area contributed by atoms with Crippen LogP contribution in [0.5, 0.6) is 0 Å². The van der Waals surface area contributed by atoms with Crippen LogP contribution in [0.1, 0.15) is 44.5 Å². The first-order valence-electron chi connectivity index (χ1n) is 11.4. The summed E-state index contributed by atoms with van der Waals surface area (Å²) >= 11 is 0. The van der Waals surface area contributed by atoms with E-state index in [4.69, 9.17) is 9.05 Å². The van der Waals surface area contributed by atoms with Gasteiger partial charge in [-0.25, -0.2) is 0 Å². The second-order valence-electron chi connectivity index (χ2n) is 8.50. The molecule has 0 bridgehead atoms. The predicted molar refractivity (Wildman–Crippen MR) is 138 cm³/mol. The van der Waals surface area contributed by atoms with Crippen LogP contribution >= 0.6 is 8.60 Å². The van der Waals surface area contributed by atoms with E-state index in [0.717, 1.165) is 46.2 Å². The Kier molecular flexibility index (Phi) is 5.50. The SMILES string of the molecule is OP(OC1=Cc2ccccc2Cc2ccccc21)OC1=Cc2ccccc2Cc2ccccc21. The molecule has 4 aromatic rings. The molecule has 166 valence electrons. The van der Waals surface area contributed by atoms with Gasteiger partial charge < -0.3 is 13.9 Å². The zero-order valence-electron chi connectivity index (χ0n) is 18.5. The number of hydrogen-bond donors (Lipinski definition) is 1. The van der Waals surface area contributed by atoms with Crippen molar-refractivity contribution in [2.24, 2.45) is 0 Å². The molecule has 3 nitrogen and oxygen atoms in total. The highest BCUT2D eigenvalue weighted by Crippen LogP contribution is 2.47. The highest BCUT2D eigenvalue weighted by Gasteiger charge is 2.24. The van der Waals surface area contributed by atoms with E-state index in [-0.39, 0.29) is 0 Å². The van der Waals surface area contributed by atoms with E-state index in [1.54, 1.807) is 0 Å². The van der Waals surface area contributed by atoms with Crippen LogP contribution in [0, 0.1) is 0 Å². The minimum absolute atomic E-state index is 0.622. The lowest BCUT2D eigenvalue weighted by molar-refractivity contribution is 0.349. The zero-order chi connectivity index (χ0) is 22.9. The van der Waals surface area contributed by atoms with E-state index < -0.39 is 8.60 Å². The number of fused-ring (bicyclic) bond motifs is 4. The summed E-state index contributed by atoms with van der Waals surface area (Å²) in [4.78, 5) is 11.0. The Balaban J connectivity index is 1.35. The quantitative estimate of drug-likeness (QED) is 0.320. The fourth-order valence-corrected chi connectivity index (χ4v) is 5.36. The van der Waals surface area contributed by atoms with Crippen molar-refractivity contribution in [3.05, 3.63) is 142 Å². The molecule has 0 radical (unpaired) electrons. The smallest absolute Gasteiger partial charge is 0.417 e. The first kappa shape index (κ1) is 20.9. The van der Waals surface area contributed by atoms with Crippen molar-refractivity contribution in [2.75, 3.05) is 0 Å². The molecule has 4 heteroatoms. The fraction of sp³-hybridized carbons (Fsp3) is 0.0667. The Hall–Kier alpha value is -3.65. The third-order valence-corrected chi connectivity index (χ3v) is 7.07. The average molecular weight is 462 g/mol. The minimum Gasteiger partial charge on any atom is -0.417 e. The van der Waals surface area contributed by atoms with Gasteiger partial charge in [-0.05, 0) is 58.4 Å². The largest absolute Gasteiger partial charge is 0.460 e. The summed E-state index contributed by atoms with van der Waals surface area (Å²) in [7, 11) is -2.21. The van der Waals surface area contributed by atoms with Gasteiger partial charge >= 0.3 is 8.60 Å². The van der Waals surface area contributed by atoms with Gasteiger partial charge in [-0.1, -0.05) is 97.1 Å². The molecular formula is C30H23O3P. The van der Waals surface area contributed by atoms with Gasteiger partial charge in [0.2, 0.25) is 0 Å². The summed E-state index contributed by atoms with van der Waals surface area (Å²) in [5.41, 5.74) is 8.91. The number of rotatable bonds is 4. The molecule has 0 aliphatic heterocycles. The first-order chi connectivity index (χ1) is 16.7. The van der Waals surface area contributed by atoms with Crippen LogP contribution in [-0.2, 0) is 21.9 Å². The highest BCUT2D eigenvalue weighted by molar-refractivity contribution is 7.41. The van der Waals surface area contributed by atoms with Crippen LogP contribution in [0.4, 0.5) is 0 Å². The highest BCUT2D eigenvalue weighted by atomic mass is 31.2. The summed E-state index contributed by atoms with van der Waals surface area (Å²) in [5.74, 6) is 1.24. The molecule has 34 heavy (non-hydrogen) atoms. The maximum atomic E-state index is 11.0. The third-order valence-electron chi connectivity index (χ3n) is 6.36. The summed E-state index contributed by atoms with van der Waals surface area (Å²) in [5, 5.41) is 0. The van der Waals surface area contributed by atoms with Gasteiger partial charge in [-0.15, -0.1) is 0 Å². The van der Waals surface area contributed by atoms with Crippen LogP contribution in [-0.4, -0.2) is 4.89 Å². The topological polar surface area (TPSA) is 38.7 Å². The Morgan fingerprint density at radius 1 is 0.500 bits per heavy atom. The maximum Gasteiger partial charge on any atom is 0.460 e. The summed E-state index contributed by atoms with van der Waals surface area (Å²) in [6.07, 6.45) is 5.63. The van der Waals surface area contributed by atoms with Crippen molar-refractivity contribution in [2.45, 2.75) is 12.8 Å². The molecule has 0 fully saturated rings. The van der Waals surface area contributed by atoms with Crippen molar-refractivity contribution in [3.8, 4) is 0 Å². The molecule has 0 unspecified atom stereocenters. The van der Waals surface area contributed by atoms with Crippen LogP contribution in [0.25, 0.3) is 23.7 Å². The predicted octanol–water partition coefficient (Wildman–Crippen LogP) is 7.44. The summed E-state index contributed by atoms with van der Waals surface area (Å²) in [6, 6.07) is 32.9. The lowest BCUT2D eigenvalue weighted by Crippen LogP contribution is -1.97. The van der Waals surface area contributed by atoms with Crippen molar-refractivity contribution >= 4 is 32.3 Å². The number of benzene rings is 4. The molecule has 1 N–H and O–H groups in total. The lowest BCUT2D eigenvalue weighted by atomic mass is 10.00. The molecular weight excluding hydrogens is 439 g/mol. The Morgan fingerprint density at radius 2 is 0.882 bits per heavy atom. The summed E-state index contributed by atoms with van der Waals surface area (Å²) in [6.45, 7) is 0. The molecule has 4 aromatic carbocycles. The molecule has 2 aliphatic carbocycles. The molecule has 0 atom stereocenters. The molecule has 0 saturated heterocycles. The number of hydrogen-bond acceptors (Lipinski definition) is 3. The van der Waals surface area contributed by atoms with E-state index in [1.807, 2.05) is 60.7 Å². The molecule has 2 aliphatic rings. The van der Waals surface area contributed by atoms with E-state index in [2.05, 4.69) is 48.5 Å². The zero-order valence-corrected chi connectivity index (χ0v) is 19.4. The summed E-state index contributed by atoms with van der Waals surface area (Å²) < 4.78 is 12.2. The van der Waals surface area contributed by atoms with Crippen molar-refractivity contribution in [1.29, 1.82) is 0 Å². The molecule has 6 rings (SSSR count). The minimum atomic E-state index is -2.21. The fourth-order valence-electron chi connectivity index (χ4n) is 4.69. The maximum absolute atomic E-state index is 11.0. The van der Waals surface area contributed by atoms with Crippen molar-refractivity contribution in [3.63, 3.8) is 0 Å². The van der Waals surface area contributed by atoms with Crippen LogP contribution in [0.15, 0.2) is 97.1 Å². The average Bonchev–Trinajstić information content (AvgIpc) is 3.11. The van der Waals surface area contributed by atoms with Gasteiger partial charge in [0.1, 0.15) is 11.5 Å². The van der Waals surface area contributed by atoms with Crippen LogP contribution in [0.2, 0.25) is 0 Å². The lowest BCUT2D eigenvalue weighted by Gasteiger charge is -2.18.